The molecule has 2 unspecified atom stereocenters. The van der Waals surface area contributed by atoms with E-state index in [-0.39, 0.29) is 29.5 Å². The summed E-state index contributed by atoms with van der Waals surface area (Å²) in [6.07, 6.45) is 2.60. The summed E-state index contributed by atoms with van der Waals surface area (Å²) in [5.41, 5.74) is 5.92. The predicted octanol–water partition coefficient (Wildman–Crippen LogP) is -0.241. The maximum atomic E-state index is 12.0. The van der Waals surface area contributed by atoms with Crippen molar-refractivity contribution >= 4 is 15.7 Å². The molecule has 1 saturated carbocycles. The van der Waals surface area contributed by atoms with Gasteiger partial charge in [-0.2, -0.15) is 0 Å². The third kappa shape index (κ3) is 3.19. The van der Waals surface area contributed by atoms with Crippen molar-refractivity contribution in [1.29, 1.82) is 0 Å². The molecular weight excluding hydrogens is 240 g/mol. The second-order valence-corrected chi connectivity index (χ2v) is 7.48. The standard InChI is InChI=1S/C11H20N2O3S/c1-8-7-17(15,16)5-4-13(8)11(14)6-10(12)9-2-3-9/h8-10H,2-7,12H2,1H3. The van der Waals surface area contributed by atoms with Gasteiger partial charge in [-0.1, -0.05) is 0 Å². The van der Waals surface area contributed by atoms with Gasteiger partial charge in [0.25, 0.3) is 0 Å². The van der Waals surface area contributed by atoms with Gasteiger partial charge in [-0.25, -0.2) is 8.42 Å². The van der Waals surface area contributed by atoms with Crippen LogP contribution in [0.4, 0.5) is 0 Å². The van der Waals surface area contributed by atoms with Crippen molar-refractivity contribution < 1.29 is 13.2 Å². The van der Waals surface area contributed by atoms with Gasteiger partial charge in [0, 0.05) is 25.0 Å². The number of hydrogen-bond acceptors (Lipinski definition) is 4. The van der Waals surface area contributed by atoms with Gasteiger partial charge < -0.3 is 10.6 Å². The third-order valence-electron chi connectivity index (χ3n) is 3.63. The number of hydrogen-bond donors (Lipinski definition) is 1. The summed E-state index contributed by atoms with van der Waals surface area (Å²) >= 11 is 0. The minimum Gasteiger partial charge on any atom is -0.338 e. The fourth-order valence-corrected chi connectivity index (χ4v) is 3.94. The summed E-state index contributed by atoms with van der Waals surface area (Å²) in [4.78, 5) is 13.7. The summed E-state index contributed by atoms with van der Waals surface area (Å²) in [5.74, 6) is 0.675. The first-order valence-corrected chi connectivity index (χ1v) is 7.96. The maximum Gasteiger partial charge on any atom is 0.224 e. The lowest BCUT2D eigenvalue weighted by molar-refractivity contribution is -0.133. The summed E-state index contributed by atoms with van der Waals surface area (Å²) in [5, 5.41) is 0. The molecular formula is C11H20N2O3S. The average molecular weight is 260 g/mol. The summed E-state index contributed by atoms with van der Waals surface area (Å²) in [6.45, 7) is 2.11. The molecule has 0 spiro atoms. The zero-order chi connectivity index (χ0) is 12.6. The molecule has 0 bridgehead atoms. The minimum absolute atomic E-state index is 0.00630. The van der Waals surface area contributed by atoms with Gasteiger partial charge in [0.1, 0.15) is 0 Å². The van der Waals surface area contributed by atoms with Gasteiger partial charge in [0.05, 0.1) is 11.5 Å². The number of amides is 1. The predicted molar refractivity (Wildman–Crippen MR) is 65.1 cm³/mol. The SMILES string of the molecule is CC1CS(=O)(=O)CCN1C(=O)CC(N)C1CC1. The molecule has 1 heterocycles. The van der Waals surface area contributed by atoms with E-state index in [0.717, 1.165) is 12.8 Å². The molecule has 0 aromatic rings. The number of sulfone groups is 1. The Hall–Kier alpha value is -0.620. The first-order chi connectivity index (χ1) is 7.89. The quantitative estimate of drug-likeness (QED) is 0.759. The molecule has 1 amide bonds. The summed E-state index contributed by atoms with van der Waals surface area (Å²) in [7, 11) is -2.96. The Morgan fingerprint density at radius 2 is 2.12 bits per heavy atom. The maximum absolute atomic E-state index is 12.0. The van der Waals surface area contributed by atoms with Crippen molar-refractivity contribution in [3.63, 3.8) is 0 Å². The van der Waals surface area contributed by atoms with E-state index in [9.17, 15) is 13.2 Å². The van der Waals surface area contributed by atoms with Crippen molar-refractivity contribution in [2.45, 2.75) is 38.3 Å². The van der Waals surface area contributed by atoms with Crippen LogP contribution in [0.2, 0.25) is 0 Å². The van der Waals surface area contributed by atoms with Crippen LogP contribution in [0.25, 0.3) is 0 Å². The Morgan fingerprint density at radius 1 is 1.47 bits per heavy atom. The number of carbonyl (C=O) groups excluding carboxylic acids is 1. The first kappa shape index (κ1) is 12.8. The minimum atomic E-state index is -2.96. The van der Waals surface area contributed by atoms with E-state index < -0.39 is 9.84 Å². The molecule has 0 radical (unpaired) electrons. The highest BCUT2D eigenvalue weighted by Gasteiger charge is 2.34. The molecule has 2 aliphatic rings. The van der Waals surface area contributed by atoms with Gasteiger partial charge >= 0.3 is 0 Å². The fraction of sp³-hybridized carbons (Fsp3) is 0.909. The summed E-state index contributed by atoms with van der Waals surface area (Å²) < 4.78 is 22.8. The third-order valence-corrected chi connectivity index (χ3v) is 5.42. The molecule has 2 fully saturated rings. The smallest absolute Gasteiger partial charge is 0.224 e. The van der Waals surface area contributed by atoms with Gasteiger partial charge in [0.15, 0.2) is 9.84 Å². The molecule has 0 aromatic heterocycles. The van der Waals surface area contributed by atoms with Crippen LogP contribution in [0.1, 0.15) is 26.2 Å². The first-order valence-electron chi connectivity index (χ1n) is 6.14. The number of nitrogens with two attached hydrogens (primary N) is 1. The molecule has 5 nitrogen and oxygen atoms in total. The molecule has 98 valence electrons. The van der Waals surface area contributed by atoms with Crippen LogP contribution in [0.5, 0.6) is 0 Å². The van der Waals surface area contributed by atoms with Crippen LogP contribution in [-0.4, -0.2) is 49.4 Å². The van der Waals surface area contributed by atoms with Crippen molar-refractivity contribution in [2.24, 2.45) is 11.7 Å². The van der Waals surface area contributed by atoms with Gasteiger partial charge in [0.2, 0.25) is 5.91 Å². The number of carbonyl (C=O) groups is 1. The highest BCUT2D eigenvalue weighted by Crippen LogP contribution is 2.33. The highest BCUT2D eigenvalue weighted by atomic mass is 32.2. The number of nitrogens with zero attached hydrogens (tertiary/aromatic N) is 1. The van der Waals surface area contributed by atoms with Gasteiger partial charge in [-0.3, -0.25) is 4.79 Å². The zero-order valence-electron chi connectivity index (χ0n) is 10.1. The monoisotopic (exact) mass is 260 g/mol. The lowest BCUT2D eigenvalue weighted by atomic mass is 10.1. The van der Waals surface area contributed by atoms with E-state index >= 15 is 0 Å². The molecule has 1 aliphatic heterocycles. The van der Waals surface area contributed by atoms with Gasteiger partial charge in [-0.15, -0.1) is 0 Å². The topological polar surface area (TPSA) is 80.5 Å². The average Bonchev–Trinajstić information content (AvgIpc) is 2.98. The Labute approximate surface area is 102 Å². The second-order valence-electron chi connectivity index (χ2n) is 5.26. The Kier molecular flexibility index (Phi) is 3.45. The molecule has 1 aliphatic carbocycles. The lowest BCUT2D eigenvalue weighted by Gasteiger charge is -2.33. The molecule has 6 heteroatoms. The molecule has 1 saturated heterocycles. The van der Waals surface area contributed by atoms with Crippen LogP contribution in [0, 0.1) is 5.92 Å². The van der Waals surface area contributed by atoms with Crippen molar-refractivity contribution in [2.75, 3.05) is 18.1 Å². The van der Waals surface area contributed by atoms with E-state index in [1.807, 2.05) is 0 Å². The molecule has 17 heavy (non-hydrogen) atoms. The number of rotatable bonds is 3. The zero-order valence-corrected chi connectivity index (χ0v) is 10.9. The van der Waals surface area contributed by atoms with E-state index in [1.54, 1.807) is 11.8 Å². The normalized spacial score (nSPS) is 30.0. The van der Waals surface area contributed by atoms with Crippen LogP contribution in [-0.2, 0) is 14.6 Å². The molecule has 2 N–H and O–H groups in total. The van der Waals surface area contributed by atoms with Crippen LogP contribution in [0.3, 0.4) is 0 Å². The van der Waals surface area contributed by atoms with Crippen LogP contribution < -0.4 is 5.73 Å². The fourth-order valence-electron chi connectivity index (χ4n) is 2.38. The van der Waals surface area contributed by atoms with E-state index in [0.29, 0.717) is 18.9 Å². The summed E-state index contributed by atoms with van der Waals surface area (Å²) in [6, 6.07) is -0.263. The van der Waals surface area contributed by atoms with Crippen LogP contribution >= 0.6 is 0 Å². The molecule has 2 rings (SSSR count). The van der Waals surface area contributed by atoms with E-state index in [2.05, 4.69) is 0 Å². The molecule has 2 atom stereocenters. The van der Waals surface area contributed by atoms with Crippen molar-refractivity contribution in [3.8, 4) is 0 Å². The Balaban J connectivity index is 1.91. The highest BCUT2D eigenvalue weighted by molar-refractivity contribution is 7.91. The van der Waals surface area contributed by atoms with E-state index in [1.165, 1.54) is 0 Å². The van der Waals surface area contributed by atoms with Crippen molar-refractivity contribution in [1.82, 2.24) is 4.90 Å². The van der Waals surface area contributed by atoms with E-state index in [4.69, 9.17) is 5.73 Å². The lowest BCUT2D eigenvalue weighted by Crippen LogP contribution is -2.50. The second kappa shape index (κ2) is 4.57. The largest absolute Gasteiger partial charge is 0.338 e. The van der Waals surface area contributed by atoms with Gasteiger partial charge in [-0.05, 0) is 25.7 Å². The van der Waals surface area contributed by atoms with Crippen molar-refractivity contribution in [3.05, 3.63) is 0 Å². The Morgan fingerprint density at radius 3 is 2.65 bits per heavy atom. The molecule has 0 aromatic carbocycles. The Bertz CT molecular complexity index is 403. The van der Waals surface area contributed by atoms with Crippen LogP contribution in [0.15, 0.2) is 0 Å².